The second-order valence-electron chi connectivity index (χ2n) is 4.08. The molecule has 0 aliphatic carbocycles. The van der Waals surface area contributed by atoms with E-state index < -0.39 is 0 Å². The molecule has 0 amide bonds. The number of nitriles is 1. The highest BCUT2D eigenvalue weighted by atomic mass is 35.5. The minimum absolute atomic E-state index is 0.659. The fraction of sp³-hybridized carbons (Fsp3) is 0. The number of nitrogens with one attached hydrogen (secondary N) is 1. The molecule has 18 heavy (non-hydrogen) atoms. The third-order valence-corrected chi connectivity index (χ3v) is 3.24. The van der Waals surface area contributed by atoms with Crippen LogP contribution in [0.25, 0.3) is 22.2 Å². The number of benzene rings is 2. The lowest BCUT2D eigenvalue weighted by molar-refractivity contribution is 1.45. The van der Waals surface area contributed by atoms with E-state index in [-0.39, 0.29) is 0 Å². The van der Waals surface area contributed by atoms with E-state index in [1.807, 2.05) is 42.5 Å². The van der Waals surface area contributed by atoms with Crippen LogP contribution in [-0.2, 0) is 0 Å². The first-order valence-electron chi connectivity index (χ1n) is 5.56. The number of fused-ring (bicyclic) bond motifs is 1. The summed E-state index contributed by atoms with van der Waals surface area (Å²) in [6, 6.07) is 17.4. The third-order valence-electron chi connectivity index (χ3n) is 2.91. The molecule has 0 aliphatic rings. The van der Waals surface area contributed by atoms with Crippen LogP contribution in [0.4, 0.5) is 0 Å². The predicted octanol–water partition coefficient (Wildman–Crippen LogP) is 4.36. The van der Waals surface area contributed by atoms with Crippen molar-refractivity contribution in [1.82, 2.24) is 4.98 Å². The maximum Gasteiger partial charge on any atom is 0.0991 e. The average molecular weight is 253 g/mol. The molecule has 0 fully saturated rings. The van der Waals surface area contributed by atoms with Crippen molar-refractivity contribution in [2.45, 2.75) is 0 Å². The molecule has 0 atom stereocenters. The zero-order chi connectivity index (χ0) is 12.5. The Balaban J connectivity index is 2.20. The molecule has 0 unspecified atom stereocenters. The highest BCUT2D eigenvalue weighted by Gasteiger charge is 2.06. The maximum atomic E-state index is 8.88. The van der Waals surface area contributed by atoms with E-state index in [2.05, 4.69) is 11.1 Å². The molecule has 0 bridgehead atoms. The Labute approximate surface area is 109 Å². The smallest absolute Gasteiger partial charge is 0.0991 e. The molecule has 2 nitrogen and oxygen atoms in total. The van der Waals surface area contributed by atoms with Gasteiger partial charge in [0.25, 0.3) is 0 Å². The maximum absolute atomic E-state index is 8.88. The molecular formula is C15H9ClN2. The van der Waals surface area contributed by atoms with E-state index in [0.29, 0.717) is 10.6 Å². The molecule has 2 aromatic carbocycles. The van der Waals surface area contributed by atoms with Gasteiger partial charge in [-0.3, -0.25) is 0 Å². The van der Waals surface area contributed by atoms with E-state index in [0.717, 1.165) is 22.2 Å². The van der Waals surface area contributed by atoms with Crippen LogP contribution in [0.3, 0.4) is 0 Å². The Morgan fingerprint density at radius 1 is 1.06 bits per heavy atom. The number of halogens is 1. The summed E-state index contributed by atoms with van der Waals surface area (Å²) >= 11 is 6.17. The zero-order valence-electron chi connectivity index (χ0n) is 9.44. The van der Waals surface area contributed by atoms with Gasteiger partial charge in [0.15, 0.2) is 0 Å². The van der Waals surface area contributed by atoms with Gasteiger partial charge in [-0.1, -0.05) is 29.8 Å². The number of nitrogens with zero attached hydrogens (tertiary/aromatic N) is 1. The lowest BCUT2D eigenvalue weighted by Crippen LogP contribution is -1.77. The number of hydrogen-bond acceptors (Lipinski definition) is 1. The van der Waals surface area contributed by atoms with Crippen molar-refractivity contribution in [3.63, 3.8) is 0 Å². The van der Waals surface area contributed by atoms with Crippen LogP contribution in [0.1, 0.15) is 5.56 Å². The first-order valence-corrected chi connectivity index (χ1v) is 5.93. The van der Waals surface area contributed by atoms with Crippen molar-refractivity contribution >= 4 is 22.5 Å². The summed E-state index contributed by atoms with van der Waals surface area (Å²) in [6.07, 6.45) is 0. The summed E-state index contributed by atoms with van der Waals surface area (Å²) in [6.45, 7) is 0. The molecule has 0 radical (unpaired) electrons. The molecule has 1 heterocycles. The summed E-state index contributed by atoms with van der Waals surface area (Å²) in [5, 5.41) is 10.6. The molecular weight excluding hydrogens is 244 g/mol. The Hall–Kier alpha value is -2.24. The molecule has 0 aliphatic heterocycles. The van der Waals surface area contributed by atoms with Crippen LogP contribution < -0.4 is 0 Å². The average Bonchev–Trinajstić information content (AvgIpc) is 2.81. The Morgan fingerprint density at radius 2 is 1.89 bits per heavy atom. The second kappa shape index (κ2) is 4.21. The van der Waals surface area contributed by atoms with E-state index >= 15 is 0 Å². The highest BCUT2D eigenvalue weighted by molar-refractivity contribution is 6.33. The Kier molecular flexibility index (Phi) is 2.55. The molecule has 86 valence electrons. The minimum Gasteiger partial charge on any atom is -0.354 e. The van der Waals surface area contributed by atoms with Gasteiger partial charge in [0.2, 0.25) is 0 Å². The van der Waals surface area contributed by atoms with Gasteiger partial charge in [0.05, 0.1) is 11.6 Å². The molecule has 3 aromatic rings. The molecule has 3 heteroatoms. The van der Waals surface area contributed by atoms with E-state index in [1.54, 1.807) is 6.07 Å². The van der Waals surface area contributed by atoms with Crippen LogP contribution >= 0.6 is 11.6 Å². The van der Waals surface area contributed by atoms with Crippen LogP contribution in [0.15, 0.2) is 48.5 Å². The second-order valence-corrected chi connectivity index (χ2v) is 4.48. The lowest BCUT2D eigenvalue weighted by atomic mass is 10.1. The minimum atomic E-state index is 0.659. The lowest BCUT2D eigenvalue weighted by Gasteiger charge is -1.99. The van der Waals surface area contributed by atoms with Gasteiger partial charge >= 0.3 is 0 Å². The van der Waals surface area contributed by atoms with Gasteiger partial charge < -0.3 is 4.98 Å². The Bertz CT molecular complexity index is 766. The van der Waals surface area contributed by atoms with Gasteiger partial charge in [-0.05, 0) is 30.3 Å². The van der Waals surface area contributed by atoms with Crippen molar-refractivity contribution in [3.8, 4) is 17.3 Å². The van der Waals surface area contributed by atoms with Gasteiger partial charge in [0.1, 0.15) is 0 Å². The monoisotopic (exact) mass is 252 g/mol. The van der Waals surface area contributed by atoms with Gasteiger partial charge in [0, 0.05) is 27.2 Å². The number of rotatable bonds is 1. The molecule has 1 aromatic heterocycles. The summed E-state index contributed by atoms with van der Waals surface area (Å²) in [5.74, 6) is 0. The van der Waals surface area contributed by atoms with Crippen LogP contribution in [-0.4, -0.2) is 4.98 Å². The van der Waals surface area contributed by atoms with Gasteiger partial charge in [-0.15, -0.1) is 0 Å². The normalized spacial score (nSPS) is 10.4. The standard InChI is InChI=1S/C15H9ClN2/c16-13-4-2-1-3-12(13)15-8-11-7-10(9-17)5-6-14(11)18-15/h1-8,18H. The highest BCUT2D eigenvalue weighted by Crippen LogP contribution is 2.29. The van der Waals surface area contributed by atoms with Crippen molar-refractivity contribution in [2.24, 2.45) is 0 Å². The SMILES string of the molecule is N#Cc1ccc2[nH]c(-c3ccccc3Cl)cc2c1. The van der Waals surface area contributed by atoms with E-state index in [9.17, 15) is 0 Å². The Morgan fingerprint density at radius 3 is 2.67 bits per heavy atom. The number of H-pyrrole nitrogens is 1. The molecule has 1 N–H and O–H groups in total. The molecule has 0 saturated carbocycles. The number of aromatic amines is 1. The van der Waals surface area contributed by atoms with Crippen molar-refractivity contribution in [2.75, 3.05) is 0 Å². The molecule has 0 spiro atoms. The van der Waals surface area contributed by atoms with Crippen LogP contribution in [0.2, 0.25) is 5.02 Å². The van der Waals surface area contributed by atoms with Crippen molar-refractivity contribution in [3.05, 3.63) is 59.1 Å². The fourth-order valence-electron chi connectivity index (χ4n) is 2.03. The van der Waals surface area contributed by atoms with Gasteiger partial charge in [-0.2, -0.15) is 5.26 Å². The topological polar surface area (TPSA) is 39.6 Å². The first kappa shape index (κ1) is 10.9. The molecule has 3 rings (SSSR count). The summed E-state index contributed by atoms with van der Waals surface area (Å²) in [5.41, 5.74) is 3.59. The quantitative estimate of drug-likeness (QED) is 0.687. The number of aromatic nitrogens is 1. The molecule has 0 saturated heterocycles. The number of hydrogen-bond donors (Lipinski definition) is 1. The first-order chi connectivity index (χ1) is 8.78. The van der Waals surface area contributed by atoms with Crippen LogP contribution in [0.5, 0.6) is 0 Å². The summed E-state index contributed by atoms with van der Waals surface area (Å²) < 4.78 is 0. The van der Waals surface area contributed by atoms with E-state index in [1.165, 1.54) is 0 Å². The van der Waals surface area contributed by atoms with Crippen molar-refractivity contribution < 1.29 is 0 Å². The fourth-order valence-corrected chi connectivity index (χ4v) is 2.26. The summed E-state index contributed by atoms with van der Waals surface area (Å²) in [7, 11) is 0. The van der Waals surface area contributed by atoms with E-state index in [4.69, 9.17) is 16.9 Å². The van der Waals surface area contributed by atoms with Gasteiger partial charge in [-0.25, -0.2) is 0 Å². The summed E-state index contributed by atoms with van der Waals surface area (Å²) in [4.78, 5) is 3.31. The van der Waals surface area contributed by atoms with Crippen molar-refractivity contribution in [1.29, 1.82) is 5.26 Å². The largest absolute Gasteiger partial charge is 0.354 e. The predicted molar refractivity (Wildman–Crippen MR) is 73.5 cm³/mol. The third kappa shape index (κ3) is 1.75. The zero-order valence-corrected chi connectivity index (χ0v) is 10.2. The van der Waals surface area contributed by atoms with Crippen LogP contribution in [0, 0.1) is 11.3 Å².